The number of nitriles is 2. The lowest BCUT2D eigenvalue weighted by Gasteiger charge is -2.04. The van der Waals surface area contributed by atoms with Crippen LogP contribution in [0, 0.1) is 22.7 Å². The highest BCUT2D eigenvalue weighted by Gasteiger charge is 2.15. The molecular weight excluding hydrogens is 232 g/mol. The topological polar surface area (TPSA) is 73.9 Å². The zero-order valence-corrected chi connectivity index (χ0v) is 10.1. The van der Waals surface area contributed by atoms with Crippen molar-refractivity contribution in [1.82, 2.24) is 0 Å². The van der Waals surface area contributed by atoms with Crippen LogP contribution in [0.2, 0.25) is 0 Å². The summed E-state index contributed by atoms with van der Waals surface area (Å²) in [6.45, 7) is 0. The Morgan fingerprint density at radius 1 is 1.47 bits per heavy atom. The van der Waals surface area contributed by atoms with Gasteiger partial charge in [-0.3, -0.25) is 0 Å². The predicted octanol–water partition coefficient (Wildman–Crippen LogP) is 1.90. The van der Waals surface area contributed by atoms with Gasteiger partial charge in [-0.15, -0.1) is 23.5 Å². The molecule has 0 spiro atoms. The van der Waals surface area contributed by atoms with Crippen LogP contribution >= 0.6 is 23.5 Å². The van der Waals surface area contributed by atoms with Crippen LogP contribution in [-0.2, 0) is 9.53 Å². The number of hydrogen-bond acceptors (Lipinski definition) is 6. The van der Waals surface area contributed by atoms with Crippen LogP contribution in [0.1, 0.15) is 6.42 Å². The van der Waals surface area contributed by atoms with Crippen LogP contribution in [0.25, 0.3) is 0 Å². The number of hydrogen-bond donors (Lipinski definition) is 0. The number of ether oxygens (including phenoxy) is 1. The third kappa shape index (κ3) is 4.78. The fraction of sp³-hybridized carbons (Fsp3) is 0.444. The van der Waals surface area contributed by atoms with E-state index in [-0.39, 0.29) is 5.57 Å². The van der Waals surface area contributed by atoms with Crippen LogP contribution in [0.3, 0.4) is 0 Å². The van der Waals surface area contributed by atoms with Crippen LogP contribution in [0.4, 0.5) is 0 Å². The Labute approximate surface area is 97.3 Å². The van der Waals surface area contributed by atoms with E-state index in [9.17, 15) is 4.79 Å². The van der Waals surface area contributed by atoms with E-state index < -0.39 is 5.97 Å². The summed E-state index contributed by atoms with van der Waals surface area (Å²) in [4.78, 5) is 11.2. The number of thioether (sulfide) groups is 2. The molecule has 0 aliphatic carbocycles. The van der Waals surface area contributed by atoms with E-state index in [0.29, 0.717) is 16.4 Å². The van der Waals surface area contributed by atoms with Crippen molar-refractivity contribution in [3.63, 3.8) is 0 Å². The van der Waals surface area contributed by atoms with E-state index in [1.54, 1.807) is 6.26 Å². The Morgan fingerprint density at radius 3 is 2.53 bits per heavy atom. The Balaban J connectivity index is 4.70. The van der Waals surface area contributed by atoms with Gasteiger partial charge in [0, 0.05) is 12.2 Å². The number of methoxy groups -OCH3 is 1. The molecule has 0 aliphatic heterocycles. The fourth-order valence-electron chi connectivity index (χ4n) is 0.699. The second kappa shape index (κ2) is 8.22. The molecule has 0 saturated heterocycles. The average Bonchev–Trinajstić information content (AvgIpc) is 2.27. The van der Waals surface area contributed by atoms with Gasteiger partial charge in [-0.1, -0.05) is 0 Å². The van der Waals surface area contributed by atoms with Crippen molar-refractivity contribution < 1.29 is 9.53 Å². The largest absolute Gasteiger partial charge is 0.465 e. The lowest BCUT2D eigenvalue weighted by Crippen LogP contribution is -2.04. The van der Waals surface area contributed by atoms with Gasteiger partial charge in [0.05, 0.1) is 17.4 Å². The molecule has 4 nitrogen and oxygen atoms in total. The molecule has 0 N–H and O–H groups in total. The first-order valence-electron chi connectivity index (χ1n) is 3.97. The molecule has 0 bridgehead atoms. The maximum Gasteiger partial charge on any atom is 0.350 e. The van der Waals surface area contributed by atoms with Gasteiger partial charge in [0.25, 0.3) is 0 Å². The molecule has 0 radical (unpaired) electrons. The lowest BCUT2D eigenvalue weighted by molar-refractivity contribution is -0.135. The molecule has 0 amide bonds. The Bertz CT molecular complexity index is 339. The molecule has 6 heteroatoms. The van der Waals surface area contributed by atoms with Crippen molar-refractivity contribution >= 4 is 29.5 Å². The molecule has 0 aromatic rings. The SMILES string of the molecule is COC(=O)C(C#N)=C(SC)SCCC#N. The van der Waals surface area contributed by atoms with Crippen molar-refractivity contribution in [2.24, 2.45) is 0 Å². The average molecular weight is 242 g/mol. The summed E-state index contributed by atoms with van der Waals surface area (Å²) in [5.74, 6) is -0.0687. The first-order valence-corrected chi connectivity index (χ1v) is 6.18. The summed E-state index contributed by atoms with van der Waals surface area (Å²) < 4.78 is 5.08. The number of carbonyl (C=O) groups excluding carboxylic acids is 1. The fourth-order valence-corrected chi connectivity index (χ4v) is 2.41. The van der Waals surface area contributed by atoms with Crippen LogP contribution < -0.4 is 0 Å². The highest BCUT2D eigenvalue weighted by Crippen LogP contribution is 2.30. The van der Waals surface area contributed by atoms with Gasteiger partial charge < -0.3 is 4.74 Å². The molecule has 0 rings (SSSR count). The first-order chi connectivity index (χ1) is 7.21. The molecule has 15 heavy (non-hydrogen) atoms. The summed E-state index contributed by atoms with van der Waals surface area (Å²) in [5.41, 5.74) is 0.00735. The molecule has 0 fully saturated rings. The molecule has 0 unspecified atom stereocenters. The molecule has 0 aromatic carbocycles. The maximum atomic E-state index is 11.2. The van der Waals surface area contributed by atoms with Crippen LogP contribution in [0.15, 0.2) is 9.81 Å². The van der Waals surface area contributed by atoms with Gasteiger partial charge in [-0.25, -0.2) is 4.79 Å². The summed E-state index contributed by atoms with van der Waals surface area (Å²) in [6.07, 6.45) is 2.16. The van der Waals surface area contributed by atoms with Crippen molar-refractivity contribution in [2.45, 2.75) is 6.42 Å². The van der Waals surface area contributed by atoms with Crippen LogP contribution in [0.5, 0.6) is 0 Å². The van der Waals surface area contributed by atoms with Crippen molar-refractivity contribution in [1.29, 1.82) is 10.5 Å². The van der Waals surface area contributed by atoms with E-state index in [2.05, 4.69) is 4.74 Å². The molecule has 0 heterocycles. The van der Waals surface area contributed by atoms with Gasteiger partial charge >= 0.3 is 5.97 Å². The Morgan fingerprint density at radius 2 is 2.13 bits per heavy atom. The molecule has 0 aliphatic rings. The van der Waals surface area contributed by atoms with Gasteiger partial charge in [0.2, 0.25) is 0 Å². The molecule has 80 valence electrons. The number of rotatable bonds is 5. The minimum absolute atomic E-state index is 0.00735. The van der Waals surface area contributed by atoms with Gasteiger partial charge in [0.1, 0.15) is 6.07 Å². The summed E-state index contributed by atoms with van der Waals surface area (Å²) in [5, 5.41) is 17.1. The summed E-state index contributed by atoms with van der Waals surface area (Å²) in [6, 6.07) is 3.81. The molecular formula is C9H10N2O2S2. The number of esters is 1. The number of carbonyl (C=O) groups is 1. The van der Waals surface area contributed by atoms with Crippen molar-refractivity contribution in [3.8, 4) is 12.1 Å². The highest BCUT2D eigenvalue weighted by molar-refractivity contribution is 8.22. The van der Waals surface area contributed by atoms with E-state index in [4.69, 9.17) is 10.5 Å². The van der Waals surface area contributed by atoms with E-state index in [1.165, 1.54) is 30.6 Å². The van der Waals surface area contributed by atoms with E-state index in [0.717, 1.165) is 0 Å². The zero-order valence-electron chi connectivity index (χ0n) is 8.44. The van der Waals surface area contributed by atoms with Crippen molar-refractivity contribution in [2.75, 3.05) is 19.1 Å². The number of nitrogens with zero attached hydrogens (tertiary/aromatic N) is 2. The highest BCUT2D eigenvalue weighted by atomic mass is 32.2. The maximum absolute atomic E-state index is 11.2. The smallest absolute Gasteiger partial charge is 0.350 e. The molecule has 0 aromatic heterocycles. The Kier molecular flexibility index (Phi) is 7.61. The minimum atomic E-state index is -0.633. The van der Waals surface area contributed by atoms with Gasteiger partial charge in [-0.05, 0) is 6.26 Å². The standard InChI is InChI=1S/C9H10N2O2S2/c1-13-8(12)7(6-11)9(14-2)15-5-3-4-10/h3,5H2,1-2H3. The first kappa shape index (κ1) is 13.9. The Hall–Kier alpha value is -1.11. The quantitative estimate of drug-likeness (QED) is 0.317. The van der Waals surface area contributed by atoms with Gasteiger partial charge in [-0.2, -0.15) is 10.5 Å². The third-order valence-electron chi connectivity index (χ3n) is 1.34. The van der Waals surface area contributed by atoms with E-state index in [1.807, 2.05) is 12.1 Å². The summed E-state index contributed by atoms with van der Waals surface area (Å²) >= 11 is 2.63. The minimum Gasteiger partial charge on any atom is -0.465 e. The molecule has 0 atom stereocenters. The predicted molar refractivity (Wildman–Crippen MR) is 60.9 cm³/mol. The van der Waals surface area contributed by atoms with Crippen molar-refractivity contribution in [3.05, 3.63) is 9.81 Å². The lowest BCUT2D eigenvalue weighted by atomic mass is 10.3. The van der Waals surface area contributed by atoms with Crippen LogP contribution in [-0.4, -0.2) is 25.1 Å². The monoisotopic (exact) mass is 242 g/mol. The second-order valence-corrected chi connectivity index (χ2v) is 4.41. The summed E-state index contributed by atoms with van der Waals surface area (Å²) in [7, 11) is 1.23. The third-order valence-corrected chi connectivity index (χ3v) is 3.64. The second-order valence-electron chi connectivity index (χ2n) is 2.23. The van der Waals surface area contributed by atoms with Gasteiger partial charge in [0.15, 0.2) is 5.57 Å². The van der Waals surface area contributed by atoms with E-state index >= 15 is 0 Å². The molecule has 0 saturated carbocycles. The normalized spacial score (nSPS) is 10.9. The zero-order chi connectivity index (χ0) is 11.7.